The molecule has 1 aliphatic rings. The third-order valence-electron chi connectivity index (χ3n) is 4.28. The number of aryl methyl sites for hydroxylation is 1. The first-order valence-electron chi connectivity index (χ1n) is 8.33. The number of rotatable bonds is 6. The van der Waals surface area contributed by atoms with E-state index in [4.69, 9.17) is 4.74 Å². The Kier molecular flexibility index (Phi) is 5.22. The summed E-state index contributed by atoms with van der Waals surface area (Å²) in [6.45, 7) is 0.111. The monoisotopic (exact) mass is 363 g/mol. The molecule has 1 aliphatic heterocycles. The van der Waals surface area contributed by atoms with Gasteiger partial charge in [0.1, 0.15) is 12.4 Å². The summed E-state index contributed by atoms with van der Waals surface area (Å²) in [5, 5.41) is 6.70. The highest BCUT2D eigenvalue weighted by Gasteiger charge is 2.43. The summed E-state index contributed by atoms with van der Waals surface area (Å²) in [5.41, 5.74) is 1.88. The molecule has 6 nitrogen and oxygen atoms in total. The van der Waals surface area contributed by atoms with Crippen LogP contribution in [0.2, 0.25) is 0 Å². The van der Waals surface area contributed by atoms with Gasteiger partial charge < -0.3 is 9.64 Å². The predicted octanol–water partition coefficient (Wildman–Crippen LogP) is 1.72. The van der Waals surface area contributed by atoms with Crippen molar-refractivity contribution in [1.82, 2.24) is 20.0 Å². The summed E-state index contributed by atoms with van der Waals surface area (Å²) >= 11 is 0. The minimum absolute atomic E-state index is 0.260. The lowest BCUT2D eigenvalue weighted by molar-refractivity contribution is -0.132. The number of nitrogens with one attached hydrogen (secondary N) is 1. The van der Waals surface area contributed by atoms with Crippen molar-refractivity contribution in [3.63, 3.8) is 0 Å². The zero-order valence-electron chi connectivity index (χ0n) is 14.7. The van der Waals surface area contributed by atoms with Gasteiger partial charge in [0.15, 0.2) is 0 Å². The van der Waals surface area contributed by atoms with Crippen molar-refractivity contribution in [1.29, 1.82) is 0 Å². The molecule has 1 aromatic carbocycles. The molecule has 0 bridgehead atoms. The van der Waals surface area contributed by atoms with E-state index in [0.717, 1.165) is 11.1 Å². The Bertz CT molecular complexity index is 778. The number of alkyl halides is 2. The molecule has 0 saturated carbocycles. The molecule has 139 valence electrons. The van der Waals surface area contributed by atoms with Crippen molar-refractivity contribution < 1.29 is 18.3 Å². The summed E-state index contributed by atoms with van der Waals surface area (Å²) in [4.78, 5) is 13.6. The number of amides is 1. The first-order chi connectivity index (χ1) is 12.3. The first-order valence-corrected chi connectivity index (χ1v) is 8.33. The van der Waals surface area contributed by atoms with Gasteiger partial charge >= 0.3 is 0 Å². The molecule has 1 aromatic heterocycles. The van der Waals surface area contributed by atoms with Gasteiger partial charge in [0.2, 0.25) is 5.91 Å². The molecule has 26 heavy (non-hydrogen) atoms. The second kappa shape index (κ2) is 7.41. The topological polar surface area (TPSA) is 59.4 Å². The largest absolute Gasteiger partial charge is 0.492 e. The molecule has 1 amide bonds. The summed E-state index contributed by atoms with van der Waals surface area (Å²) in [6, 6.07) is 7.60. The third kappa shape index (κ3) is 4.37. The van der Waals surface area contributed by atoms with E-state index in [1.54, 1.807) is 24.0 Å². The lowest BCUT2D eigenvalue weighted by atomic mass is 10.1. The van der Waals surface area contributed by atoms with Crippen molar-refractivity contribution in [3.05, 3.63) is 36.7 Å². The smallest absolute Gasteiger partial charge is 0.262 e. The van der Waals surface area contributed by atoms with Gasteiger partial charge in [0.25, 0.3) is 5.92 Å². The zero-order chi connectivity index (χ0) is 18.7. The number of likely N-dealkylation sites (N-methyl/N-ethyl adjacent to an activating group) is 1. The molecule has 3 rings (SSSR count). The lowest BCUT2D eigenvalue weighted by Gasteiger charge is -2.21. The van der Waals surface area contributed by atoms with E-state index >= 15 is 0 Å². The summed E-state index contributed by atoms with van der Waals surface area (Å²) in [5.74, 6) is -2.54. The molecule has 1 fully saturated rings. The number of carbonyl (C=O) groups is 1. The third-order valence-corrected chi connectivity index (χ3v) is 4.28. The Morgan fingerprint density at radius 2 is 2.31 bits per heavy atom. The van der Waals surface area contributed by atoms with Crippen LogP contribution in [0.5, 0.6) is 5.75 Å². The number of hydrogen-bond donors (Lipinski definition) is 1. The Hall–Kier alpha value is -2.48. The van der Waals surface area contributed by atoms with Crippen molar-refractivity contribution in [2.45, 2.75) is 18.4 Å². The summed E-state index contributed by atoms with van der Waals surface area (Å²) in [6.07, 6.45) is 3.19. The molecule has 1 radical (unpaired) electrons. The number of benzene rings is 1. The molecular formula is C18H21F2N4O2. The molecule has 2 aromatic rings. The van der Waals surface area contributed by atoms with E-state index in [-0.39, 0.29) is 12.5 Å². The van der Waals surface area contributed by atoms with Crippen LogP contribution in [0.4, 0.5) is 8.78 Å². The fourth-order valence-electron chi connectivity index (χ4n) is 2.84. The number of hydrogen-bond acceptors (Lipinski definition) is 4. The van der Waals surface area contributed by atoms with Crippen LogP contribution >= 0.6 is 0 Å². The number of carbonyl (C=O) groups excluding carboxylic acids is 1. The zero-order valence-corrected chi connectivity index (χ0v) is 14.7. The summed E-state index contributed by atoms with van der Waals surface area (Å²) < 4.78 is 33.8. The summed E-state index contributed by atoms with van der Waals surface area (Å²) in [7, 11) is 3.43. The van der Waals surface area contributed by atoms with Gasteiger partial charge in [-0.15, -0.1) is 0 Å². The minimum Gasteiger partial charge on any atom is -0.492 e. The van der Waals surface area contributed by atoms with Gasteiger partial charge in [-0.1, -0.05) is 0 Å². The molecule has 1 saturated heterocycles. The van der Waals surface area contributed by atoms with Crippen LogP contribution in [0.15, 0.2) is 30.6 Å². The van der Waals surface area contributed by atoms with Crippen molar-refractivity contribution in [2.24, 2.45) is 7.05 Å². The standard InChI is InChI=1S/C18H21F2N4O2/c1-23(17(25)16-9-18(19,20)12-21-16)6-7-26-15-5-3-4-13(8-15)14-10-22-24(2)11-14/h4-5,8,10-11,16,21H,6-7,9,12H2,1-2H3. The Morgan fingerprint density at radius 1 is 1.50 bits per heavy atom. The Morgan fingerprint density at radius 3 is 2.96 bits per heavy atom. The highest BCUT2D eigenvalue weighted by Crippen LogP contribution is 2.26. The van der Waals surface area contributed by atoms with E-state index < -0.39 is 24.9 Å². The van der Waals surface area contributed by atoms with Crippen LogP contribution in [-0.2, 0) is 11.8 Å². The van der Waals surface area contributed by atoms with Crippen LogP contribution in [0.1, 0.15) is 6.42 Å². The first kappa shape index (κ1) is 18.3. The molecule has 0 spiro atoms. The maximum Gasteiger partial charge on any atom is 0.262 e. The van der Waals surface area contributed by atoms with Crippen molar-refractivity contribution in [3.8, 4) is 16.9 Å². The average Bonchev–Trinajstić information content (AvgIpc) is 3.19. The van der Waals surface area contributed by atoms with Gasteiger partial charge in [-0.2, -0.15) is 5.10 Å². The van der Waals surface area contributed by atoms with Crippen molar-refractivity contribution >= 4 is 5.91 Å². The fourth-order valence-corrected chi connectivity index (χ4v) is 2.84. The average molecular weight is 363 g/mol. The number of halogens is 2. The maximum absolute atomic E-state index is 13.2. The van der Waals surface area contributed by atoms with Crippen LogP contribution < -0.4 is 10.1 Å². The Balaban J connectivity index is 1.51. The molecule has 1 unspecified atom stereocenters. The van der Waals surface area contributed by atoms with Gasteiger partial charge in [0.05, 0.1) is 25.3 Å². The normalized spacial score (nSPS) is 18.7. The molecule has 8 heteroatoms. The van der Waals surface area contributed by atoms with Crippen LogP contribution in [0, 0.1) is 6.07 Å². The number of nitrogens with zero attached hydrogens (tertiary/aromatic N) is 3. The van der Waals surface area contributed by atoms with Crippen LogP contribution in [0.3, 0.4) is 0 Å². The van der Waals surface area contributed by atoms with E-state index in [1.165, 1.54) is 4.90 Å². The second-order valence-electron chi connectivity index (χ2n) is 6.46. The van der Waals surface area contributed by atoms with Gasteiger partial charge in [0, 0.05) is 32.3 Å². The predicted molar refractivity (Wildman–Crippen MR) is 92.0 cm³/mol. The van der Waals surface area contributed by atoms with Gasteiger partial charge in [-0.05, 0) is 29.8 Å². The molecular weight excluding hydrogens is 342 g/mol. The number of ether oxygens (including phenoxy) is 1. The second-order valence-corrected chi connectivity index (χ2v) is 6.46. The number of aromatic nitrogens is 2. The van der Waals surface area contributed by atoms with E-state index in [0.29, 0.717) is 12.3 Å². The minimum atomic E-state index is -2.82. The molecule has 0 aliphatic carbocycles. The van der Waals surface area contributed by atoms with E-state index in [2.05, 4.69) is 16.5 Å². The molecule has 1 atom stereocenters. The highest BCUT2D eigenvalue weighted by molar-refractivity contribution is 5.82. The quantitative estimate of drug-likeness (QED) is 0.849. The fraction of sp³-hybridized carbons (Fsp3) is 0.444. The maximum atomic E-state index is 13.2. The van der Waals surface area contributed by atoms with Gasteiger partial charge in [-0.3, -0.25) is 14.8 Å². The van der Waals surface area contributed by atoms with E-state index in [1.807, 2.05) is 25.4 Å². The van der Waals surface area contributed by atoms with E-state index in [9.17, 15) is 13.6 Å². The molecule has 2 heterocycles. The van der Waals surface area contributed by atoms with Crippen molar-refractivity contribution in [2.75, 3.05) is 26.7 Å². The van der Waals surface area contributed by atoms with Gasteiger partial charge in [-0.25, -0.2) is 8.78 Å². The van der Waals surface area contributed by atoms with Crippen LogP contribution in [0.25, 0.3) is 11.1 Å². The van der Waals surface area contributed by atoms with Crippen LogP contribution in [-0.4, -0.2) is 59.3 Å². The molecule has 1 N–H and O–H groups in total. The SMILES string of the molecule is CN(CCOc1c[c]cc(-c2cnn(C)c2)c1)C(=O)C1CC(F)(F)CN1. The highest BCUT2D eigenvalue weighted by atomic mass is 19.3. The Labute approximate surface area is 150 Å². The lowest BCUT2D eigenvalue weighted by Crippen LogP contribution is -2.43.